The molecule has 0 radical (unpaired) electrons. The zero-order valence-electron chi connectivity index (χ0n) is 40.9. The molecule has 3 heteroatoms. The maximum Gasteiger partial charge on any atom is 0.136 e. The van der Waals surface area contributed by atoms with Crippen LogP contribution < -0.4 is 4.90 Å². The van der Waals surface area contributed by atoms with E-state index in [2.05, 4.69) is 0 Å². The minimum atomic E-state index is -0.730. The molecule has 0 aliphatic heterocycles. The van der Waals surface area contributed by atoms with Crippen molar-refractivity contribution in [3.63, 3.8) is 0 Å². The molecule has 2 aromatic heterocycles. The number of rotatable bonds is 6. The smallest absolute Gasteiger partial charge is 0.136 e. The highest BCUT2D eigenvalue weighted by atomic mass is 16.3. The molecule has 0 aliphatic carbocycles. The van der Waals surface area contributed by atoms with Crippen LogP contribution in [-0.2, 0) is 0 Å². The van der Waals surface area contributed by atoms with Crippen LogP contribution in [0, 0.1) is 0 Å². The van der Waals surface area contributed by atoms with Crippen LogP contribution in [0.4, 0.5) is 17.1 Å². The molecular weight excluding hydrogens is 671 g/mol. The molecule has 0 aliphatic rings. The maximum atomic E-state index is 9.73. The molecule has 0 amide bonds. The Morgan fingerprint density at radius 2 is 1.00 bits per heavy atom. The van der Waals surface area contributed by atoms with Crippen LogP contribution in [0.1, 0.15) is 16.4 Å². The van der Waals surface area contributed by atoms with Crippen LogP contribution in [0.5, 0.6) is 0 Å². The molecule has 0 saturated carbocycles. The number of nitrogens with zero attached hydrogens (tertiary/aromatic N) is 1. The lowest BCUT2D eigenvalue weighted by atomic mass is 9.96. The zero-order chi connectivity index (χ0) is 46.7. The van der Waals surface area contributed by atoms with Gasteiger partial charge in [-0.2, -0.15) is 0 Å². The first kappa shape index (κ1) is 21.4. The van der Waals surface area contributed by atoms with Gasteiger partial charge in [0, 0.05) is 38.5 Å². The Bertz CT molecular complexity index is 3860. The second-order valence-electron chi connectivity index (χ2n) is 13.2. The molecule has 55 heavy (non-hydrogen) atoms. The Kier molecular flexibility index (Phi) is 4.91. The van der Waals surface area contributed by atoms with E-state index in [1.807, 2.05) is 60.7 Å². The lowest BCUT2D eigenvalue weighted by molar-refractivity contribution is 0.669. The number of hydrogen-bond donors (Lipinski definition) is 0. The van der Waals surface area contributed by atoms with Gasteiger partial charge in [-0.1, -0.05) is 133 Å². The second kappa shape index (κ2) is 12.6. The van der Waals surface area contributed by atoms with Crippen molar-refractivity contribution >= 4 is 71.7 Å². The topological polar surface area (TPSA) is 29.5 Å². The summed E-state index contributed by atoms with van der Waals surface area (Å²) in [6, 6.07) is 30.0. The van der Waals surface area contributed by atoms with Gasteiger partial charge in [0.05, 0.1) is 22.1 Å². The second-order valence-corrected chi connectivity index (χ2v) is 13.2. The first-order valence-electron chi connectivity index (χ1n) is 23.7. The fourth-order valence-corrected chi connectivity index (χ4v) is 7.33. The Balaban J connectivity index is 1.26. The predicted molar refractivity (Wildman–Crippen MR) is 229 cm³/mol. The third-order valence-corrected chi connectivity index (χ3v) is 9.92. The van der Waals surface area contributed by atoms with E-state index in [1.54, 1.807) is 66.7 Å². The van der Waals surface area contributed by atoms with E-state index in [9.17, 15) is 13.7 Å². The van der Waals surface area contributed by atoms with Crippen LogP contribution >= 0.6 is 0 Å². The van der Waals surface area contributed by atoms with Crippen molar-refractivity contribution in [3.8, 4) is 33.4 Å². The number of hydrogen-bond acceptors (Lipinski definition) is 3. The minimum Gasteiger partial charge on any atom is -0.456 e. The van der Waals surface area contributed by atoms with Gasteiger partial charge in [-0.15, -0.1) is 0 Å². The normalized spacial score (nSPS) is 14.7. The van der Waals surface area contributed by atoms with E-state index >= 15 is 0 Å². The van der Waals surface area contributed by atoms with Crippen molar-refractivity contribution in [3.05, 3.63) is 200 Å². The van der Waals surface area contributed by atoms with Crippen LogP contribution in [0.3, 0.4) is 0 Å². The van der Waals surface area contributed by atoms with Crippen LogP contribution in [0.2, 0.25) is 0 Å². The fourth-order valence-electron chi connectivity index (χ4n) is 7.33. The summed E-state index contributed by atoms with van der Waals surface area (Å²) in [5, 5.41) is 4.47. The molecule has 0 N–H and O–H groups in total. The van der Waals surface area contributed by atoms with Gasteiger partial charge >= 0.3 is 0 Å². The van der Waals surface area contributed by atoms with E-state index in [1.165, 1.54) is 0 Å². The minimum absolute atomic E-state index is 0.0489. The maximum absolute atomic E-state index is 9.73. The SMILES string of the molecule is [2H]c1c([2H])c([2H])c(N(c2c([2H])c([2H])c(-c3ccccc3)c([2H])c2[2H])c2c([2H])c([2H])c(-c3ccc4c(c3)oc3ccccc34)c([2H])c2[2H])c(-c2cccc3oc4cc5ccccc5cc4c23)c1[2H]. The van der Waals surface area contributed by atoms with Gasteiger partial charge in [0.25, 0.3) is 0 Å². The number of para-hydroxylation sites is 2. The van der Waals surface area contributed by atoms with Gasteiger partial charge < -0.3 is 13.7 Å². The molecular formula is C52H33NO2. The van der Waals surface area contributed by atoms with Crippen LogP contribution in [0.15, 0.2) is 209 Å². The molecule has 0 spiro atoms. The van der Waals surface area contributed by atoms with E-state index in [-0.39, 0.29) is 22.3 Å². The quantitative estimate of drug-likeness (QED) is 0.172. The molecule has 0 bridgehead atoms. The van der Waals surface area contributed by atoms with Crippen molar-refractivity contribution in [2.45, 2.75) is 0 Å². The molecule has 9 aromatic carbocycles. The lowest BCUT2D eigenvalue weighted by Crippen LogP contribution is -2.11. The van der Waals surface area contributed by atoms with Crippen LogP contribution in [-0.4, -0.2) is 0 Å². The van der Waals surface area contributed by atoms with Crippen LogP contribution in [0.25, 0.3) is 88.0 Å². The molecule has 3 nitrogen and oxygen atoms in total. The summed E-state index contributed by atoms with van der Waals surface area (Å²) in [5.41, 5.74) is 0.958. The summed E-state index contributed by atoms with van der Waals surface area (Å²) in [4.78, 5) is 0.951. The monoisotopic (exact) mass is 715 g/mol. The molecule has 258 valence electrons. The average Bonchev–Trinajstić information content (AvgIpc) is 3.90. The molecule has 11 rings (SSSR count). The highest BCUT2D eigenvalue weighted by molar-refractivity contribution is 6.16. The summed E-state index contributed by atoms with van der Waals surface area (Å²) in [6.07, 6.45) is 0. The molecule has 0 unspecified atom stereocenters. The first-order chi connectivity index (χ1) is 32.3. The molecule has 0 fully saturated rings. The largest absolute Gasteiger partial charge is 0.456 e. The highest BCUT2D eigenvalue weighted by Crippen LogP contribution is 2.46. The molecule has 11 aromatic rings. The standard InChI is InChI=1S/C52H33NO2/c1-2-11-34(12-3-1)35-21-26-40(27-22-35)53(41-28-23-36(24-29-41)39-25-30-44-43-16-7-9-19-48(43)54-50(44)33-39)47-18-8-6-15-42(47)45-17-10-20-49-52(45)46-31-37-13-4-5-14-38(37)32-51(46)55-49/h1-33H/i6D,8D,15D,18D,21D,22D,23D,24D,26D,27D,28D,29D. The van der Waals surface area contributed by atoms with E-state index in [0.29, 0.717) is 44.2 Å². The van der Waals surface area contributed by atoms with Gasteiger partial charge in [0.2, 0.25) is 0 Å². The van der Waals surface area contributed by atoms with E-state index < -0.39 is 89.6 Å². The van der Waals surface area contributed by atoms with Gasteiger partial charge in [0.1, 0.15) is 22.3 Å². The van der Waals surface area contributed by atoms with Crippen molar-refractivity contribution < 1.29 is 25.3 Å². The highest BCUT2D eigenvalue weighted by Gasteiger charge is 2.21. The number of benzene rings is 9. The summed E-state index contributed by atoms with van der Waals surface area (Å²) in [6.45, 7) is 0. The Morgan fingerprint density at radius 3 is 1.80 bits per heavy atom. The number of fused-ring (bicyclic) bond motifs is 7. The molecule has 2 heterocycles. The van der Waals surface area contributed by atoms with Crippen molar-refractivity contribution in [2.24, 2.45) is 0 Å². The number of furan rings is 2. The lowest BCUT2D eigenvalue weighted by Gasteiger charge is -2.28. The number of anilines is 3. The zero-order valence-corrected chi connectivity index (χ0v) is 28.9. The Labute approximate surface area is 334 Å². The summed E-state index contributed by atoms with van der Waals surface area (Å²) in [5.74, 6) is 0. The Morgan fingerprint density at radius 1 is 0.382 bits per heavy atom. The summed E-state index contributed by atoms with van der Waals surface area (Å²) < 4.78 is 126. The Hall–Kier alpha value is -7.36. The van der Waals surface area contributed by atoms with Crippen molar-refractivity contribution in [1.82, 2.24) is 0 Å². The average molecular weight is 716 g/mol. The third-order valence-electron chi connectivity index (χ3n) is 9.92. The van der Waals surface area contributed by atoms with Gasteiger partial charge in [0.15, 0.2) is 0 Å². The fraction of sp³-hybridized carbons (Fsp3) is 0. The third kappa shape index (κ3) is 5.28. The molecule has 0 atom stereocenters. The summed E-state index contributed by atoms with van der Waals surface area (Å²) in [7, 11) is 0. The molecule has 0 saturated heterocycles. The first-order valence-corrected chi connectivity index (χ1v) is 17.7. The van der Waals surface area contributed by atoms with Gasteiger partial charge in [-0.25, -0.2) is 0 Å². The van der Waals surface area contributed by atoms with Gasteiger partial charge in [-0.05, 0) is 105 Å². The summed E-state index contributed by atoms with van der Waals surface area (Å²) >= 11 is 0. The predicted octanol–water partition coefficient (Wildman–Crippen LogP) is 15.1. The van der Waals surface area contributed by atoms with Crippen molar-refractivity contribution in [2.75, 3.05) is 4.90 Å². The van der Waals surface area contributed by atoms with Crippen molar-refractivity contribution in [1.29, 1.82) is 0 Å². The van der Waals surface area contributed by atoms with E-state index in [0.717, 1.165) is 26.4 Å². The van der Waals surface area contributed by atoms with Gasteiger partial charge in [-0.3, -0.25) is 0 Å². The van der Waals surface area contributed by atoms with E-state index in [4.69, 9.17) is 11.6 Å².